The van der Waals surface area contributed by atoms with Crippen LogP contribution < -0.4 is 15.4 Å². The molecule has 1 rings (SSSR count). The Bertz CT molecular complexity index is 659. The van der Waals surface area contributed by atoms with Crippen molar-refractivity contribution in [2.45, 2.75) is 39.9 Å². The number of hydrogen-bond acceptors (Lipinski definition) is 3. The van der Waals surface area contributed by atoms with E-state index in [4.69, 9.17) is 4.74 Å². The van der Waals surface area contributed by atoms with E-state index >= 15 is 0 Å². The van der Waals surface area contributed by atoms with E-state index < -0.39 is 11.7 Å². The van der Waals surface area contributed by atoms with E-state index in [1.54, 1.807) is 4.90 Å². The van der Waals surface area contributed by atoms with Crippen LogP contribution >= 0.6 is 0 Å². The van der Waals surface area contributed by atoms with E-state index in [9.17, 15) is 18.0 Å². The van der Waals surface area contributed by atoms with Gasteiger partial charge in [0.25, 0.3) is 0 Å². The molecule has 0 aliphatic carbocycles. The third-order valence-corrected chi connectivity index (χ3v) is 4.12. The van der Waals surface area contributed by atoms with Crippen LogP contribution in [0.15, 0.2) is 23.2 Å². The van der Waals surface area contributed by atoms with Gasteiger partial charge in [0, 0.05) is 32.6 Å². The number of ether oxygens (including phenoxy) is 1. The highest BCUT2D eigenvalue weighted by molar-refractivity contribution is 5.81. The number of carbonyl (C=O) groups excluding carboxylic acids is 1. The number of aliphatic imine (C=N–C) groups is 1. The Kier molecular flexibility index (Phi) is 9.61. The van der Waals surface area contributed by atoms with Crippen molar-refractivity contribution in [2.75, 3.05) is 33.3 Å². The van der Waals surface area contributed by atoms with Crippen LogP contribution in [0.3, 0.4) is 0 Å². The largest absolute Gasteiger partial charge is 0.497 e. The van der Waals surface area contributed by atoms with E-state index in [0.29, 0.717) is 32.1 Å². The number of carbonyl (C=O) groups is 1. The van der Waals surface area contributed by atoms with Gasteiger partial charge in [0.1, 0.15) is 5.75 Å². The second-order valence-electron chi connectivity index (χ2n) is 5.96. The first kappa shape index (κ1) is 23.6. The summed E-state index contributed by atoms with van der Waals surface area (Å²) in [5.41, 5.74) is -0.729. The van der Waals surface area contributed by atoms with Crippen molar-refractivity contribution in [3.8, 4) is 5.75 Å². The fourth-order valence-corrected chi connectivity index (χ4v) is 2.61. The smallest absolute Gasteiger partial charge is 0.416 e. The molecular weight excluding hydrogens is 373 g/mol. The highest BCUT2D eigenvalue weighted by Gasteiger charge is 2.33. The number of amides is 1. The van der Waals surface area contributed by atoms with Crippen molar-refractivity contribution in [3.63, 3.8) is 0 Å². The summed E-state index contributed by atoms with van der Waals surface area (Å²) in [6.45, 7) is 7.69. The summed E-state index contributed by atoms with van der Waals surface area (Å²) in [5, 5.41) is 5.96. The van der Waals surface area contributed by atoms with Crippen molar-refractivity contribution in [2.24, 2.45) is 4.99 Å². The molecule has 2 N–H and O–H groups in total. The molecule has 1 amide bonds. The van der Waals surface area contributed by atoms with Crippen molar-refractivity contribution >= 4 is 11.9 Å². The van der Waals surface area contributed by atoms with Crippen LogP contribution in [0.2, 0.25) is 0 Å². The van der Waals surface area contributed by atoms with E-state index in [0.717, 1.165) is 6.07 Å². The number of halogens is 3. The first-order chi connectivity index (χ1) is 13.3. The van der Waals surface area contributed by atoms with Gasteiger partial charge in [-0.15, -0.1) is 0 Å². The SMILES string of the molecule is CCNC(=NCc1ccc(OC)cc1C(F)(F)F)NCCC(=O)N(CC)CC. The van der Waals surface area contributed by atoms with Gasteiger partial charge in [-0.1, -0.05) is 6.07 Å². The van der Waals surface area contributed by atoms with Gasteiger partial charge < -0.3 is 20.3 Å². The van der Waals surface area contributed by atoms with E-state index in [2.05, 4.69) is 15.6 Å². The Morgan fingerprint density at radius 2 is 1.86 bits per heavy atom. The van der Waals surface area contributed by atoms with Crippen molar-refractivity contribution in [1.82, 2.24) is 15.5 Å². The molecular formula is C19H29F3N4O2. The lowest BCUT2D eigenvalue weighted by molar-refractivity contribution is -0.138. The predicted octanol–water partition coefficient (Wildman–Crippen LogP) is 3.03. The van der Waals surface area contributed by atoms with Gasteiger partial charge in [-0.3, -0.25) is 4.79 Å². The minimum Gasteiger partial charge on any atom is -0.497 e. The topological polar surface area (TPSA) is 66.0 Å². The molecule has 0 bridgehead atoms. The molecule has 6 nitrogen and oxygen atoms in total. The van der Waals surface area contributed by atoms with Gasteiger partial charge in [0.05, 0.1) is 19.2 Å². The van der Waals surface area contributed by atoms with Crippen molar-refractivity contribution in [3.05, 3.63) is 29.3 Å². The van der Waals surface area contributed by atoms with Crippen molar-refractivity contribution < 1.29 is 22.7 Å². The number of nitrogens with one attached hydrogen (secondary N) is 2. The third kappa shape index (κ3) is 7.28. The van der Waals surface area contributed by atoms with Crippen LogP contribution in [0.1, 0.15) is 38.3 Å². The van der Waals surface area contributed by atoms with Gasteiger partial charge in [0.15, 0.2) is 5.96 Å². The van der Waals surface area contributed by atoms with Crippen LogP contribution in [0, 0.1) is 0 Å². The quantitative estimate of drug-likeness (QED) is 0.492. The highest BCUT2D eigenvalue weighted by Crippen LogP contribution is 2.34. The number of alkyl halides is 3. The molecule has 0 aromatic heterocycles. The maximum Gasteiger partial charge on any atom is 0.416 e. The molecule has 0 heterocycles. The minimum absolute atomic E-state index is 0.0165. The first-order valence-corrected chi connectivity index (χ1v) is 9.30. The molecule has 1 aromatic rings. The normalized spacial score (nSPS) is 11.9. The molecule has 1 aromatic carbocycles. The molecule has 0 unspecified atom stereocenters. The molecule has 0 fully saturated rings. The first-order valence-electron chi connectivity index (χ1n) is 9.30. The molecule has 0 aliphatic heterocycles. The summed E-state index contributed by atoms with van der Waals surface area (Å²) >= 11 is 0. The Labute approximate surface area is 164 Å². The lowest BCUT2D eigenvalue weighted by atomic mass is 10.1. The molecule has 158 valence electrons. The second-order valence-corrected chi connectivity index (χ2v) is 5.96. The summed E-state index contributed by atoms with van der Waals surface area (Å²) in [7, 11) is 1.32. The molecule has 0 atom stereocenters. The molecule has 28 heavy (non-hydrogen) atoms. The lowest BCUT2D eigenvalue weighted by Gasteiger charge is -2.19. The van der Waals surface area contributed by atoms with Gasteiger partial charge in [0.2, 0.25) is 5.91 Å². The van der Waals surface area contributed by atoms with E-state index in [1.165, 1.54) is 19.2 Å². The zero-order valence-corrected chi connectivity index (χ0v) is 16.8. The van der Waals surface area contributed by atoms with Gasteiger partial charge >= 0.3 is 6.18 Å². The van der Waals surface area contributed by atoms with Crippen LogP contribution in [0.4, 0.5) is 13.2 Å². The van der Waals surface area contributed by atoms with Crippen LogP contribution in [0.5, 0.6) is 5.75 Å². The fraction of sp³-hybridized carbons (Fsp3) is 0.579. The summed E-state index contributed by atoms with van der Waals surface area (Å²) in [5.74, 6) is 0.515. The van der Waals surface area contributed by atoms with Crippen molar-refractivity contribution in [1.29, 1.82) is 0 Å². The average molecular weight is 402 g/mol. The zero-order valence-electron chi connectivity index (χ0n) is 16.8. The second kappa shape index (κ2) is 11.4. The van der Waals surface area contributed by atoms with Crippen LogP contribution in [-0.2, 0) is 17.5 Å². The maximum absolute atomic E-state index is 13.3. The number of hydrogen-bond donors (Lipinski definition) is 2. The molecule has 0 saturated carbocycles. The molecule has 0 spiro atoms. The molecule has 0 aliphatic rings. The van der Waals surface area contributed by atoms with Crippen LogP contribution in [-0.4, -0.2) is 50.1 Å². The number of methoxy groups -OCH3 is 1. The maximum atomic E-state index is 13.3. The van der Waals surface area contributed by atoms with Gasteiger partial charge in [-0.05, 0) is 38.5 Å². The number of rotatable bonds is 9. The fourth-order valence-electron chi connectivity index (χ4n) is 2.61. The zero-order chi connectivity index (χ0) is 21.2. The molecule has 0 saturated heterocycles. The number of nitrogens with zero attached hydrogens (tertiary/aromatic N) is 2. The summed E-state index contributed by atoms with van der Waals surface area (Å²) in [6, 6.07) is 3.80. The number of benzene rings is 1. The molecule has 9 heteroatoms. The lowest BCUT2D eigenvalue weighted by Crippen LogP contribution is -2.40. The summed E-state index contributed by atoms with van der Waals surface area (Å²) in [6.07, 6.45) is -4.22. The Morgan fingerprint density at radius 3 is 2.39 bits per heavy atom. The molecule has 0 radical (unpaired) electrons. The van der Waals surface area contributed by atoms with E-state index in [1.807, 2.05) is 20.8 Å². The Hall–Kier alpha value is -2.45. The minimum atomic E-state index is -4.50. The Morgan fingerprint density at radius 1 is 1.18 bits per heavy atom. The highest BCUT2D eigenvalue weighted by atomic mass is 19.4. The summed E-state index contributed by atoms with van der Waals surface area (Å²) in [4.78, 5) is 18.0. The number of guanidine groups is 1. The predicted molar refractivity (Wildman–Crippen MR) is 103 cm³/mol. The van der Waals surface area contributed by atoms with Gasteiger partial charge in [-0.25, -0.2) is 4.99 Å². The summed E-state index contributed by atoms with van der Waals surface area (Å²) < 4.78 is 44.8. The van der Waals surface area contributed by atoms with Gasteiger partial charge in [-0.2, -0.15) is 13.2 Å². The van der Waals surface area contributed by atoms with Crippen LogP contribution in [0.25, 0.3) is 0 Å². The standard InChI is InChI=1S/C19H29F3N4O2/c1-5-23-18(24-11-10-17(27)26(6-2)7-3)25-13-14-8-9-15(28-4)12-16(14)19(20,21)22/h8-9,12H,5-7,10-11,13H2,1-4H3,(H2,23,24,25). The average Bonchev–Trinajstić information content (AvgIpc) is 2.66. The van der Waals surface area contributed by atoms with E-state index in [-0.39, 0.29) is 30.2 Å². The third-order valence-electron chi connectivity index (χ3n) is 4.12. The monoisotopic (exact) mass is 402 g/mol. The Balaban J connectivity index is 2.83.